The van der Waals surface area contributed by atoms with Crippen LogP contribution in [0.5, 0.6) is 0 Å². The highest BCUT2D eigenvalue weighted by Gasteiger charge is 2.12. The average Bonchev–Trinajstić information content (AvgIpc) is 2.98. The predicted molar refractivity (Wildman–Crippen MR) is 93.0 cm³/mol. The summed E-state index contributed by atoms with van der Waals surface area (Å²) >= 11 is 0. The van der Waals surface area contributed by atoms with Crippen molar-refractivity contribution in [3.63, 3.8) is 0 Å². The van der Waals surface area contributed by atoms with Crippen molar-refractivity contribution in [2.75, 3.05) is 11.9 Å². The second-order valence-corrected chi connectivity index (χ2v) is 6.09. The summed E-state index contributed by atoms with van der Waals surface area (Å²) in [6, 6.07) is 10.0. The molecule has 0 fully saturated rings. The van der Waals surface area contributed by atoms with E-state index in [4.69, 9.17) is 10.7 Å². The third-order valence-corrected chi connectivity index (χ3v) is 3.73. The van der Waals surface area contributed by atoms with Crippen molar-refractivity contribution in [3.05, 3.63) is 36.5 Å². The van der Waals surface area contributed by atoms with Crippen molar-refractivity contribution in [1.82, 2.24) is 20.2 Å². The van der Waals surface area contributed by atoms with Crippen LogP contribution in [0.2, 0.25) is 0 Å². The van der Waals surface area contributed by atoms with E-state index in [1.54, 1.807) is 6.20 Å². The summed E-state index contributed by atoms with van der Waals surface area (Å²) in [5.41, 5.74) is 8.28. The third-order valence-electron chi connectivity index (χ3n) is 3.73. The first-order valence-corrected chi connectivity index (χ1v) is 7.90. The molecule has 23 heavy (non-hydrogen) atoms. The molecule has 0 aliphatic rings. The molecule has 0 saturated heterocycles. The number of nitrogens with one attached hydrogen (secondary N) is 2. The monoisotopic (exact) mass is 310 g/mol. The van der Waals surface area contributed by atoms with E-state index in [2.05, 4.69) is 34.3 Å². The molecule has 0 saturated carbocycles. The second kappa shape index (κ2) is 6.75. The van der Waals surface area contributed by atoms with Gasteiger partial charge in [0.25, 0.3) is 0 Å². The Bertz CT molecular complexity index is 779. The van der Waals surface area contributed by atoms with Crippen molar-refractivity contribution >= 4 is 16.9 Å². The van der Waals surface area contributed by atoms with Gasteiger partial charge in [-0.05, 0) is 36.6 Å². The standard InChI is InChI=1S/C17H22N6/c1-11(2)9-12(10-18)20-15-7-3-6-14(21-15)16-13-5-4-8-19-17(13)23-22-16/h3-8,11-12H,9-10,18H2,1-2H3,(H,20,21)(H,19,22,23)/t12-/m1/s1. The van der Waals surface area contributed by atoms with Gasteiger partial charge in [-0.3, -0.25) is 5.10 Å². The maximum Gasteiger partial charge on any atom is 0.181 e. The van der Waals surface area contributed by atoms with Crippen LogP contribution in [-0.2, 0) is 0 Å². The van der Waals surface area contributed by atoms with Gasteiger partial charge in [0, 0.05) is 24.2 Å². The highest BCUT2D eigenvalue weighted by Crippen LogP contribution is 2.24. The zero-order valence-corrected chi connectivity index (χ0v) is 13.5. The van der Waals surface area contributed by atoms with Crippen molar-refractivity contribution in [2.24, 2.45) is 11.7 Å². The smallest absolute Gasteiger partial charge is 0.181 e. The van der Waals surface area contributed by atoms with E-state index >= 15 is 0 Å². The molecule has 0 aromatic carbocycles. The van der Waals surface area contributed by atoms with Gasteiger partial charge in [0.1, 0.15) is 5.82 Å². The van der Waals surface area contributed by atoms with Crippen molar-refractivity contribution < 1.29 is 0 Å². The van der Waals surface area contributed by atoms with E-state index in [9.17, 15) is 0 Å². The Morgan fingerprint density at radius 2 is 2.09 bits per heavy atom. The Morgan fingerprint density at radius 1 is 1.22 bits per heavy atom. The molecule has 0 unspecified atom stereocenters. The lowest BCUT2D eigenvalue weighted by molar-refractivity contribution is 0.521. The van der Waals surface area contributed by atoms with Crippen molar-refractivity contribution in [1.29, 1.82) is 0 Å². The quantitative estimate of drug-likeness (QED) is 0.651. The predicted octanol–water partition coefficient (Wildman–Crippen LogP) is 2.81. The summed E-state index contributed by atoms with van der Waals surface area (Å²) in [5, 5.41) is 11.6. The lowest BCUT2D eigenvalue weighted by Crippen LogP contribution is -2.30. The first-order valence-electron chi connectivity index (χ1n) is 7.90. The lowest BCUT2D eigenvalue weighted by atomic mass is 10.0. The summed E-state index contributed by atoms with van der Waals surface area (Å²) in [5.74, 6) is 1.41. The molecule has 0 radical (unpaired) electrons. The van der Waals surface area contributed by atoms with Crippen LogP contribution >= 0.6 is 0 Å². The molecular weight excluding hydrogens is 288 g/mol. The van der Waals surface area contributed by atoms with Gasteiger partial charge in [0.2, 0.25) is 0 Å². The fourth-order valence-electron chi connectivity index (χ4n) is 2.69. The highest BCUT2D eigenvalue weighted by atomic mass is 15.2. The average molecular weight is 310 g/mol. The van der Waals surface area contributed by atoms with Crippen LogP contribution in [0.15, 0.2) is 36.5 Å². The van der Waals surface area contributed by atoms with Crippen LogP contribution in [0.3, 0.4) is 0 Å². The van der Waals surface area contributed by atoms with Gasteiger partial charge in [0.05, 0.1) is 11.4 Å². The van der Waals surface area contributed by atoms with Crippen LogP contribution < -0.4 is 11.1 Å². The summed E-state index contributed by atoms with van der Waals surface area (Å²) < 4.78 is 0. The summed E-state index contributed by atoms with van der Waals surface area (Å²) in [7, 11) is 0. The molecule has 0 bridgehead atoms. The highest BCUT2D eigenvalue weighted by molar-refractivity contribution is 5.89. The van der Waals surface area contributed by atoms with Gasteiger partial charge in [-0.25, -0.2) is 9.97 Å². The molecule has 3 heterocycles. The Labute approximate surface area is 135 Å². The minimum Gasteiger partial charge on any atom is -0.366 e. The van der Waals surface area contributed by atoms with E-state index in [1.165, 1.54) is 0 Å². The number of aromatic nitrogens is 4. The van der Waals surface area contributed by atoms with E-state index in [0.29, 0.717) is 18.1 Å². The van der Waals surface area contributed by atoms with Crippen molar-refractivity contribution in [2.45, 2.75) is 26.3 Å². The number of aromatic amines is 1. The zero-order valence-electron chi connectivity index (χ0n) is 13.5. The number of nitrogens with zero attached hydrogens (tertiary/aromatic N) is 3. The number of hydrogen-bond donors (Lipinski definition) is 3. The maximum absolute atomic E-state index is 5.86. The van der Waals surface area contributed by atoms with Gasteiger partial charge in [-0.2, -0.15) is 5.10 Å². The fourth-order valence-corrected chi connectivity index (χ4v) is 2.69. The molecule has 3 aromatic heterocycles. The molecule has 0 aliphatic heterocycles. The van der Waals surface area contributed by atoms with Crippen LogP contribution in [0.1, 0.15) is 20.3 Å². The maximum atomic E-state index is 5.86. The second-order valence-electron chi connectivity index (χ2n) is 6.09. The molecule has 0 spiro atoms. The van der Waals surface area contributed by atoms with E-state index in [1.807, 2.05) is 30.3 Å². The zero-order chi connectivity index (χ0) is 16.2. The topological polar surface area (TPSA) is 92.5 Å². The molecule has 3 aromatic rings. The first-order chi connectivity index (χ1) is 11.2. The van der Waals surface area contributed by atoms with Gasteiger partial charge in [-0.15, -0.1) is 0 Å². The molecule has 4 N–H and O–H groups in total. The SMILES string of the molecule is CC(C)C[C@H](CN)Nc1cccc(-c2[nH]nc3ncccc23)n1. The molecule has 120 valence electrons. The third kappa shape index (κ3) is 3.48. The number of nitrogens with two attached hydrogens (primary N) is 1. The Kier molecular flexibility index (Phi) is 4.52. The largest absolute Gasteiger partial charge is 0.366 e. The summed E-state index contributed by atoms with van der Waals surface area (Å²) in [4.78, 5) is 8.94. The molecular formula is C17H22N6. The number of anilines is 1. The summed E-state index contributed by atoms with van der Waals surface area (Å²) in [6.07, 6.45) is 2.75. The first kappa shape index (κ1) is 15.4. The Balaban J connectivity index is 1.88. The molecule has 3 rings (SSSR count). The summed E-state index contributed by atoms with van der Waals surface area (Å²) in [6.45, 7) is 4.97. The molecule has 0 aliphatic carbocycles. The van der Waals surface area contributed by atoms with Gasteiger partial charge >= 0.3 is 0 Å². The minimum absolute atomic E-state index is 0.220. The van der Waals surface area contributed by atoms with Crippen LogP contribution in [0.25, 0.3) is 22.4 Å². The van der Waals surface area contributed by atoms with Crippen LogP contribution in [0.4, 0.5) is 5.82 Å². The van der Waals surface area contributed by atoms with Gasteiger partial charge in [-0.1, -0.05) is 19.9 Å². The van der Waals surface area contributed by atoms with E-state index < -0.39 is 0 Å². The fraction of sp³-hybridized carbons (Fsp3) is 0.353. The van der Waals surface area contributed by atoms with Gasteiger partial charge < -0.3 is 11.1 Å². The van der Waals surface area contributed by atoms with E-state index in [-0.39, 0.29) is 6.04 Å². The van der Waals surface area contributed by atoms with E-state index in [0.717, 1.165) is 29.0 Å². The normalized spacial score (nSPS) is 12.7. The number of pyridine rings is 2. The van der Waals surface area contributed by atoms with Gasteiger partial charge in [0.15, 0.2) is 5.65 Å². The molecule has 6 nitrogen and oxygen atoms in total. The number of fused-ring (bicyclic) bond motifs is 1. The number of rotatable bonds is 6. The molecule has 1 atom stereocenters. The number of hydrogen-bond acceptors (Lipinski definition) is 5. The Morgan fingerprint density at radius 3 is 2.87 bits per heavy atom. The minimum atomic E-state index is 0.220. The lowest BCUT2D eigenvalue weighted by Gasteiger charge is -2.19. The molecule has 0 amide bonds. The molecule has 6 heteroatoms. The van der Waals surface area contributed by atoms with Crippen LogP contribution in [0, 0.1) is 5.92 Å². The van der Waals surface area contributed by atoms with Crippen LogP contribution in [-0.4, -0.2) is 32.8 Å². The Hall–Kier alpha value is -2.47. The number of H-pyrrole nitrogens is 1. The van der Waals surface area contributed by atoms with Crippen molar-refractivity contribution in [3.8, 4) is 11.4 Å².